The maximum Gasteiger partial charge on any atom is 0.573 e. The van der Waals surface area contributed by atoms with E-state index in [2.05, 4.69) is 9.72 Å². The van der Waals surface area contributed by atoms with Gasteiger partial charge in [-0.3, -0.25) is 15.1 Å². The Balaban J connectivity index is 3.20. The Hall–Kier alpha value is -2.58. The van der Waals surface area contributed by atoms with E-state index in [4.69, 9.17) is 4.74 Å². The van der Waals surface area contributed by atoms with Crippen LogP contribution in [0.1, 0.15) is 26.0 Å². The second kappa shape index (κ2) is 8.32. The summed E-state index contributed by atoms with van der Waals surface area (Å²) < 4.78 is 46.9. The number of nitrogens with zero attached hydrogens (tertiary/aromatic N) is 2. The molecule has 0 amide bonds. The van der Waals surface area contributed by atoms with Crippen LogP contribution in [-0.2, 0) is 4.74 Å². The highest BCUT2D eigenvalue weighted by Gasteiger charge is 2.35. The van der Waals surface area contributed by atoms with Crippen LogP contribution in [0.4, 0.5) is 13.2 Å². The first-order valence-electron chi connectivity index (χ1n) is 7.02. The Morgan fingerprint density at radius 3 is 2.58 bits per heavy atom. The van der Waals surface area contributed by atoms with Gasteiger partial charge in [0.25, 0.3) is 5.70 Å². The van der Waals surface area contributed by atoms with E-state index in [9.17, 15) is 23.3 Å². The van der Waals surface area contributed by atoms with Crippen LogP contribution < -0.4 is 4.74 Å². The van der Waals surface area contributed by atoms with E-state index in [0.29, 0.717) is 11.4 Å². The Labute approximate surface area is 136 Å². The molecule has 1 rings (SSSR count). The standard InChI is InChI=1S/C15H17F3N2O4/c1-4-12(20(21)22)11(13(5-2)24-15(16,17)18)9-23-14-7-6-8-19-10(14)3/h5-8H,4,9H2,1-3H3/b12-11+,13-5+. The van der Waals surface area contributed by atoms with Gasteiger partial charge < -0.3 is 9.47 Å². The third kappa shape index (κ3) is 5.56. The third-order valence-corrected chi connectivity index (χ3v) is 3.02. The van der Waals surface area contributed by atoms with Gasteiger partial charge in [-0.05, 0) is 32.1 Å². The molecule has 1 aromatic rings. The number of ether oxygens (including phenoxy) is 2. The Morgan fingerprint density at radius 1 is 1.46 bits per heavy atom. The second-order valence-corrected chi connectivity index (χ2v) is 4.61. The molecule has 9 heteroatoms. The predicted octanol–water partition coefficient (Wildman–Crippen LogP) is 4.15. The molecular formula is C15H17F3N2O4. The van der Waals surface area contributed by atoms with E-state index in [1.54, 1.807) is 19.1 Å². The number of allylic oxidation sites excluding steroid dienone is 2. The van der Waals surface area contributed by atoms with Crippen LogP contribution in [0.3, 0.4) is 0 Å². The fourth-order valence-electron chi connectivity index (χ4n) is 1.94. The molecule has 0 N–H and O–H groups in total. The van der Waals surface area contributed by atoms with Crippen LogP contribution >= 0.6 is 0 Å². The van der Waals surface area contributed by atoms with Gasteiger partial charge in [-0.2, -0.15) is 0 Å². The fraction of sp³-hybridized carbons (Fsp3) is 0.400. The van der Waals surface area contributed by atoms with Crippen molar-refractivity contribution < 1.29 is 27.6 Å². The smallest absolute Gasteiger partial charge is 0.487 e. The minimum atomic E-state index is -4.97. The number of aromatic nitrogens is 1. The summed E-state index contributed by atoms with van der Waals surface area (Å²) in [5.41, 5.74) is -0.172. The SMILES string of the molecule is C/C=C(OC(F)(F)F)\C(COc1cccnc1C)=C(/CC)[N+](=O)[O-]. The molecule has 0 aliphatic heterocycles. The molecule has 0 atom stereocenters. The van der Waals surface area contributed by atoms with Crippen molar-refractivity contribution >= 4 is 0 Å². The molecule has 1 heterocycles. The average molecular weight is 346 g/mol. The second-order valence-electron chi connectivity index (χ2n) is 4.61. The summed E-state index contributed by atoms with van der Waals surface area (Å²) in [6, 6.07) is 3.15. The largest absolute Gasteiger partial charge is 0.573 e. The van der Waals surface area contributed by atoms with Crippen molar-refractivity contribution in [3.8, 4) is 5.75 Å². The van der Waals surface area contributed by atoms with Crippen molar-refractivity contribution in [2.75, 3.05) is 6.61 Å². The summed E-state index contributed by atoms with van der Waals surface area (Å²) >= 11 is 0. The number of pyridine rings is 1. The van der Waals surface area contributed by atoms with Gasteiger partial charge in [-0.1, -0.05) is 6.92 Å². The highest BCUT2D eigenvalue weighted by Crippen LogP contribution is 2.28. The Morgan fingerprint density at radius 2 is 2.12 bits per heavy atom. The van der Waals surface area contributed by atoms with Gasteiger partial charge in [0.05, 0.1) is 10.6 Å². The van der Waals surface area contributed by atoms with Gasteiger partial charge in [0.1, 0.15) is 23.7 Å². The van der Waals surface area contributed by atoms with Gasteiger partial charge >= 0.3 is 6.36 Å². The van der Waals surface area contributed by atoms with Crippen LogP contribution in [0, 0.1) is 17.0 Å². The molecule has 0 aromatic carbocycles. The number of rotatable bonds is 7. The number of nitro groups is 1. The summed E-state index contributed by atoms with van der Waals surface area (Å²) in [7, 11) is 0. The lowest BCUT2D eigenvalue weighted by Gasteiger charge is -2.16. The fourth-order valence-corrected chi connectivity index (χ4v) is 1.94. The monoisotopic (exact) mass is 346 g/mol. The number of aryl methyl sites for hydroxylation is 1. The number of halogens is 3. The van der Waals surface area contributed by atoms with Crippen molar-refractivity contribution in [3.05, 3.63) is 57.2 Å². The zero-order valence-electron chi connectivity index (χ0n) is 13.4. The molecule has 1 aromatic heterocycles. The van der Waals surface area contributed by atoms with Gasteiger partial charge in [0.15, 0.2) is 0 Å². The van der Waals surface area contributed by atoms with Crippen LogP contribution in [0.25, 0.3) is 0 Å². The summed E-state index contributed by atoms with van der Waals surface area (Å²) in [5, 5.41) is 11.2. The summed E-state index contributed by atoms with van der Waals surface area (Å²) in [6.45, 7) is 3.96. The first kappa shape index (κ1) is 19.5. The van der Waals surface area contributed by atoms with E-state index >= 15 is 0 Å². The molecule has 0 aliphatic rings. The lowest BCUT2D eigenvalue weighted by atomic mass is 10.1. The molecule has 0 bridgehead atoms. The van der Waals surface area contributed by atoms with Crippen LogP contribution in [-0.4, -0.2) is 22.9 Å². The molecule has 0 saturated heterocycles. The molecule has 24 heavy (non-hydrogen) atoms. The lowest BCUT2D eigenvalue weighted by Crippen LogP contribution is -2.19. The zero-order chi connectivity index (χ0) is 18.3. The van der Waals surface area contributed by atoms with E-state index < -0.39 is 29.3 Å². The van der Waals surface area contributed by atoms with Crippen molar-refractivity contribution in [3.63, 3.8) is 0 Å². The van der Waals surface area contributed by atoms with Gasteiger partial charge in [-0.25, -0.2) is 0 Å². The average Bonchev–Trinajstić information content (AvgIpc) is 2.49. The van der Waals surface area contributed by atoms with E-state index in [1.807, 2.05) is 0 Å². The highest BCUT2D eigenvalue weighted by molar-refractivity contribution is 5.32. The van der Waals surface area contributed by atoms with Crippen molar-refractivity contribution in [2.24, 2.45) is 0 Å². The zero-order valence-corrected chi connectivity index (χ0v) is 13.4. The first-order valence-corrected chi connectivity index (χ1v) is 7.02. The summed E-state index contributed by atoms with van der Waals surface area (Å²) in [6.07, 6.45) is -2.51. The molecule has 0 fully saturated rings. The predicted molar refractivity (Wildman–Crippen MR) is 79.7 cm³/mol. The first-order chi connectivity index (χ1) is 11.2. The molecule has 0 aliphatic carbocycles. The molecule has 0 unspecified atom stereocenters. The summed E-state index contributed by atoms with van der Waals surface area (Å²) in [4.78, 5) is 14.4. The van der Waals surface area contributed by atoms with Crippen LogP contribution in [0.15, 0.2) is 41.4 Å². The van der Waals surface area contributed by atoms with Crippen LogP contribution in [0.5, 0.6) is 5.75 Å². The minimum absolute atomic E-state index is 0.0870. The van der Waals surface area contributed by atoms with E-state index in [1.165, 1.54) is 20.0 Å². The number of hydrogen-bond donors (Lipinski definition) is 0. The maximum atomic E-state index is 12.5. The quantitative estimate of drug-likeness (QED) is 0.321. The lowest BCUT2D eigenvalue weighted by molar-refractivity contribution is -0.429. The van der Waals surface area contributed by atoms with Crippen molar-refractivity contribution in [1.82, 2.24) is 4.98 Å². The normalized spacial score (nSPS) is 13.3. The molecule has 6 nitrogen and oxygen atoms in total. The number of hydrogen-bond acceptors (Lipinski definition) is 5. The maximum absolute atomic E-state index is 12.5. The van der Waals surface area contributed by atoms with E-state index in [0.717, 1.165) is 6.08 Å². The van der Waals surface area contributed by atoms with Crippen molar-refractivity contribution in [2.45, 2.75) is 33.6 Å². The Kier molecular flexibility index (Phi) is 6.75. The molecule has 0 radical (unpaired) electrons. The minimum Gasteiger partial charge on any atom is -0.487 e. The molecular weight excluding hydrogens is 329 g/mol. The van der Waals surface area contributed by atoms with Gasteiger partial charge in [-0.15, -0.1) is 13.2 Å². The number of alkyl halides is 3. The topological polar surface area (TPSA) is 74.5 Å². The van der Waals surface area contributed by atoms with Gasteiger partial charge in [0.2, 0.25) is 0 Å². The van der Waals surface area contributed by atoms with Gasteiger partial charge in [0, 0.05) is 12.6 Å². The van der Waals surface area contributed by atoms with Crippen molar-refractivity contribution in [1.29, 1.82) is 0 Å². The molecule has 0 saturated carbocycles. The highest BCUT2D eigenvalue weighted by atomic mass is 19.4. The van der Waals surface area contributed by atoms with E-state index in [-0.39, 0.29) is 12.0 Å². The van der Waals surface area contributed by atoms with Crippen LogP contribution in [0.2, 0.25) is 0 Å². The Bertz CT molecular complexity index is 654. The molecule has 132 valence electrons. The summed E-state index contributed by atoms with van der Waals surface area (Å²) in [5.74, 6) is -0.339. The molecule has 0 spiro atoms. The third-order valence-electron chi connectivity index (χ3n) is 3.02.